The van der Waals surface area contributed by atoms with Gasteiger partial charge in [0.05, 0.1) is 13.2 Å². The fourth-order valence-corrected chi connectivity index (χ4v) is 4.01. The summed E-state index contributed by atoms with van der Waals surface area (Å²) < 4.78 is 70.9. The summed E-state index contributed by atoms with van der Waals surface area (Å²) in [6.45, 7) is 2.99. The summed E-state index contributed by atoms with van der Waals surface area (Å²) >= 11 is 0. The number of benzene rings is 3. The first-order chi connectivity index (χ1) is 21.0. The van der Waals surface area contributed by atoms with Crippen LogP contribution in [-0.2, 0) is 16.0 Å². The summed E-state index contributed by atoms with van der Waals surface area (Å²) in [5.41, 5.74) is 1.03. The van der Waals surface area contributed by atoms with E-state index in [0.29, 0.717) is 37.5 Å². The minimum Gasteiger partial charge on any atom is -0.494 e. The number of hydrogen-bond donors (Lipinski definition) is 2. The van der Waals surface area contributed by atoms with Crippen molar-refractivity contribution in [1.29, 1.82) is 0 Å². The highest BCUT2D eigenvalue weighted by Gasteiger charge is 2.31. The molecule has 0 fully saturated rings. The highest BCUT2D eigenvalue weighted by Crippen LogP contribution is 2.24. The van der Waals surface area contributed by atoms with Gasteiger partial charge in [-0.15, -0.1) is 13.2 Å². The van der Waals surface area contributed by atoms with E-state index in [2.05, 4.69) is 10.1 Å². The summed E-state index contributed by atoms with van der Waals surface area (Å²) in [5, 5.41) is 11.9. The first-order valence-electron chi connectivity index (χ1n) is 13.9. The van der Waals surface area contributed by atoms with Crippen molar-refractivity contribution in [2.45, 2.75) is 38.7 Å². The number of carboxylic acids is 1. The first kappa shape index (κ1) is 34.0. The third-order valence-corrected chi connectivity index (χ3v) is 6.15. The molecule has 44 heavy (non-hydrogen) atoms. The van der Waals surface area contributed by atoms with Gasteiger partial charge in [0, 0.05) is 25.3 Å². The van der Waals surface area contributed by atoms with Crippen molar-refractivity contribution in [3.8, 4) is 17.2 Å². The van der Waals surface area contributed by atoms with Crippen LogP contribution in [-0.4, -0.2) is 67.4 Å². The molecule has 0 saturated heterocycles. The van der Waals surface area contributed by atoms with Crippen molar-refractivity contribution >= 4 is 17.7 Å². The maximum Gasteiger partial charge on any atom is 0.573 e. The van der Waals surface area contributed by atoms with E-state index in [9.17, 15) is 32.3 Å². The zero-order chi connectivity index (χ0) is 32.0. The van der Waals surface area contributed by atoms with Gasteiger partial charge in [0.1, 0.15) is 29.7 Å². The molecule has 9 nitrogen and oxygen atoms in total. The number of anilines is 1. The smallest absolute Gasteiger partial charge is 0.494 e. The van der Waals surface area contributed by atoms with Gasteiger partial charge in [-0.25, -0.2) is 14.0 Å². The van der Waals surface area contributed by atoms with Gasteiger partial charge in [-0.05, 0) is 86.0 Å². The molecule has 2 N–H and O–H groups in total. The second-order valence-electron chi connectivity index (χ2n) is 9.48. The van der Waals surface area contributed by atoms with Crippen molar-refractivity contribution in [1.82, 2.24) is 4.90 Å². The van der Waals surface area contributed by atoms with Crippen LogP contribution in [0.1, 0.15) is 25.3 Å². The largest absolute Gasteiger partial charge is 0.573 e. The van der Waals surface area contributed by atoms with Gasteiger partial charge in [0.15, 0.2) is 6.10 Å². The van der Waals surface area contributed by atoms with Crippen LogP contribution in [0, 0.1) is 5.82 Å². The number of hydrogen-bond acceptors (Lipinski definition) is 6. The molecule has 0 aliphatic carbocycles. The number of aliphatic carboxylic acids is 1. The van der Waals surface area contributed by atoms with Gasteiger partial charge in [-0.1, -0.05) is 12.1 Å². The van der Waals surface area contributed by atoms with Crippen molar-refractivity contribution in [3.63, 3.8) is 0 Å². The molecule has 3 aromatic rings. The van der Waals surface area contributed by atoms with Gasteiger partial charge >= 0.3 is 18.4 Å². The number of nitrogens with zero attached hydrogens (tertiary/aromatic N) is 1. The molecule has 0 aliphatic rings. The van der Waals surface area contributed by atoms with Crippen molar-refractivity contribution in [2.24, 2.45) is 0 Å². The molecular weight excluding hydrogens is 588 g/mol. The topological polar surface area (TPSA) is 107 Å². The van der Waals surface area contributed by atoms with E-state index in [1.807, 2.05) is 0 Å². The lowest BCUT2D eigenvalue weighted by Crippen LogP contribution is -2.38. The van der Waals surface area contributed by atoms with Crippen LogP contribution in [0.15, 0.2) is 72.8 Å². The van der Waals surface area contributed by atoms with E-state index >= 15 is 0 Å². The molecular formula is C31H34F4N2O7. The van der Waals surface area contributed by atoms with Gasteiger partial charge in [0.25, 0.3) is 0 Å². The molecule has 0 saturated carbocycles. The normalized spacial score (nSPS) is 11.8. The molecule has 0 bridgehead atoms. The lowest BCUT2D eigenvalue weighted by Gasteiger charge is -2.23. The van der Waals surface area contributed by atoms with Crippen LogP contribution < -0.4 is 19.5 Å². The Labute approximate surface area is 252 Å². The van der Waals surface area contributed by atoms with E-state index in [4.69, 9.17) is 14.2 Å². The zero-order valence-electron chi connectivity index (χ0n) is 24.0. The van der Waals surface area contributed by atoms with Crippen LogP contribution in [0.5, 0.6) is 17.2 Å². The van der Waals surface area contributed by atoms with E-state index in [0.717, 1.165) is 17.7 Å². The number of urea groups is 1. The Morgan fingerprint density at radius 3 is 2.02 bits per heavy atom. The van der Waals surface area contributed by atoms with Crippen molar-refractivity contribution in [3.05, 3.63) is 84.2 Å². The van der Waals surface area contributed by atoms with E-state index in [-0.39, 0.29) is 37.7 Å². The van der Waals surface area contributed by atoms with Gasteiger partial charge < -0.3 is 34.3 Å². The molecule has 0 aromatic heterocycles. The van der Waals surface area contributed by atoms with E-state index in [1.165, 1.54) is 41.3 Å². The van der Waals surface area contributed by atoms with Crippen molar-refractivity contribution < 1.29 is 51.2 Å². The second kappa shape index (κ2) is 16.9. The number of halogens is 4. The number of amides is 2. The maximum atomic E-state index is 13.1. The Kier molecular flexibility index (Phi) is 13.1. The monoisotopic (exact) mass is 622 g/mol. The number of ether oxygens (including phenoxy) is 4. The fourth-order valence-electron chi connectivity index (χ4n) is 4.01. The van der Waals surface area contributed by atoms with Crippen molar-refractivity contribution in [2.75, 3.05) is 38.2 Å². The molecule has 3 rings (SSSR count). The number of carboxylic acid groups (broad SMARTS) is 1. The molecule has 3 aromatic carbocycles. The first-order valence-corrected chi connectivity index (χ1v) is 13.9. The Morgan fingerprint density at radius 1 is 0.841 bits per heavy atom. The lowest BCUT2D eigenvalue weighted by atomic mass is 10.1. The summed E-state index contributed by atoms with van der Waals surface area (Å²) in [6, 6.07) is 16.8. The highest BCUT2D eigenvalue weighted by atomic mass is 19.4. The van der Waals surface area contributed by atoms with Crippen LogP contribution in [0.4, 0.5) is 28.0 Å². The number of nitrogens with one attached hydrogen (secondary N) is 1. The molecule has 0 radical (unpaired) electrons. The molecule has 238 valence electrons. The third-order valence-electron chi connectivity index (χ3n) is 6.15. The standard InChI is InChI=1S/C31H34F4N2O7/c1-2-41-28(29(38)39)21-22-5-11-25(12-6-22)43-20-18-37(17-3-4-19-42-26-13-7-23(32)8-14-26)30(40)36-24-9-15-27(16-10-24)44-31(33,34)35/h5-16,28H,2-4,17-21H2,1H3,(H,36,40)(H,38,39). The average Bonchev–Trinajstić information content (AvgIpc) is 2.97. The lowest BCUT2D eigenvalue weighted by molar-refractivity contribution is -0.274. The number of unbranched alkanes of at least 4 members (excludes halogenated alkanes) is 1. The Morgan fingerprint density at radius 2 is 1.43 bits per heavy atom. The number of carbonyl (C=O) groups excluding carboxylic acids is 1. The van der Waals surface area contributed by atoms with Crippen LogP contribution >= 0.6 is 0 Å². The fraction of sp³-hybridized carbons (Fsp3) is 0.355. The zero-order valence-corrected chi connectivity index (χ0v) is 24.0. The molecule has 13 heteroatoms. The number of rotatable bonds is 17. The van der Waals surface area contributed by atoms with Crippen LogP contribution in [0.25, 0.3) is 0 Å². The van der Waals surface area contributed by atoms with Crippen LogP contribution in [0.2, 0.25) is 0 Å². The van der Waals surface area contributed by atoms with Gasteiger partial charge in [-0.3, -0.25) is 0 Å². The van der Waals surface area contributed by atoms with E-state index < -0.39 is 30.2 Å². The molecule has 1 unspecified atom stereocenters. The number of carbonyl (C=O) groups is 2. The van der Waals surface area contributed by atoms with E-state index in [1.54, 1.807) is 31.2 Å². The summed E-state index contributed by atoms with van der Waals surface area (Å²) in [4.78, 5) is 25.9. The average molecular weight is 623 g/mol. The van der Waals surface area contributed by atoms with Gasteiger partial charge in [0.2, 0.25) is 0 Å². The third kappa shape index (κ3) is 12.4. The summed E-state index contributed by atoms with van der Waals surface area (Å²) in [5.74, 6) is -0.782. The molecule has 0 heterocycles. The molecule has 0 spiro atoms. The molecule has 1 atom stereocenters. The maximum absolute atomic E-state index is 13.1. The summed E-state index contributed by atoms with van der Waals surface area (Å²) in [6.07, 6.45) is -4.43. The predicted molar refractivity (Wildman–Crippen MR) is 154 cm³/mol. The Balaban J connectivity index is 1.55. The minimum absolute atomic E-state index is 0.133. The highest BCUT2D eigenvalue weighted by molar-refractivity contribution is 5.89. The van der Waals surface area contributed by atoms with Gasteiger partial charge in [-0.2, -0.15) is 0 Å². The Bertz CT molecular complexity index is 1300. The predicted octanol–water partition coefficient (Wildman–Crippen LogP) is 6.53. The molecule has 0 aliphatic heterocycles. The summed E-state index contributed by atoms with van der Waals surface area (Å²) in [7, 11) is 0. The minimum atomic E-state index is -4.83. The second-order valence-corrected chi connectivity index (χ2v) is 9.48. The van der Waals surface area contributed by atoms with Crippen LogP contribution in [0.3, 0.4) is 0 Å². The molecule has 2 amide bonds. The quantitative estimate of drug-likeness (QED) is 0.130. The number of alkyl halides is 3. The Hall–Kier alpha value is -4.52. The SMILES string of the molecule is CCOC(Cc1ccc(OCCN(CCCCOc2ccc(F)cc2)C(=O)Nc2ccc(OC(F)(F)F)cc2)cc1)C(=O)O.